The minimum atomic E-state index is -1.95. The molecule has 1 aliphatic rings. The molecule has 6 heteroatoms. The first-order chi connectivity index (χ1) is 13.7. The van der Waals surface area contributed by atoms with Gasteiger partial charge in [-0.1, -0.05) is 57.2 Å². The number of ether oxygens (including phenoxy) is 1. The van der Waals surface area contributed by atoms with Crippen LogP contribution in [0, 0.1) is 0 Å². The second-order valence-corrected chi connectivity index (χ2v) is 15.4. The third kappa shape index (κ3) is 6.43. The summed E-state index contributed by atoms with van der Waals surface area (Å²) < 4.78 is 12.4. The maximum atomic E-state index is 13.0. The van der Waals surface area contributed by atoms with Gasteiger partial charge in [-0.05, 0) is 56.5 Å². The van der Waals surface area contributed by atoms with Gasteiger partial charge in [0.1, 0.15) is 5.60 Å². The Morgan fingerprint density at radius 2 is 1.77 bits per heavy atom. The molecule has 1 aliphatic heterocycles. The van der Waals surface area contributed by atoms with E-state index in [0.29, 0.717) is 6.54 Å². The van der Waals surface area contributed by atoms with Crippen LogP contribution in [0.25, 0.3) is 6.08 Å². The fraction of sp³-hybridized carbons (Fsp3) is 0.625. The Morgan fingerprint density at radius 1 is 1.17 bits per heavy atom. The number of amides is 1. The molecule has 1 N–H and O–H groups in total. The summed E-state index contributed by atoms with van der Waals surface area (Å²) in [4.78, 5) is 14.8. The number of hydrogen-bond donors (Lipinski definition) is 1. The summed E-state index contributed by atoms with van der Waals surface area (Å²) in [5.74, 6) is 0. The van der Waals surface area contributed by atoms with Gasteiger partial charge in [0.25, 0.3) is 0 Å². The highest BCUT2D eigenvalue weighted by Gasteiger charge is 2.44. The molecule has 30 heavy (non-hydrogen) atoms. The first-order valence-electron chi connectivity index (χ1n) is 10.8. The zero-order valence-electron chi connectivity index (χ0n) is 19.9. The van der Waals surface area contributed by atoms with Crippen molar-refractivity contribution < 1.29 is 19.1 Å². The predicted molar refractivity (Wildman–Crippen MR) is 125 cm³/mol. The van der Waals surface area contributed by atoms with Gasteiger partial charge in [0.05, 0.1) is 18.8 Å². The molecule has 0 aromatic heterocycles. The summed E-state index contributed by atoms with van der Waals surface area (Å²) >= 11 is 0. The van der Waals surface area contributed by atoms with Crippen LogP contribution >= 0.6 is 0 Å². The SMILES string of the molecule is CC(C)(C)OC(=O)N1C[C@H](O[Si](C)(C)C(C)(C)C)C[C@@H]1c1ccc(C=CCO)cc1. The monoisotopic (exact) mass is 433 g/mol. The average Bonchev–Trinajstić information content (AvgIpc) is 3.01. The van der Waals surface area contributed by atoms with Crippen molar-refractivity contribution in [3.63, 3.8) is 0 Å². The quantitative estimate of drug-likeness (QED) is 0.599. The molecule has 0 spiro atoms. The van der Waals surface area contributed by atoms with Crippen molar-refractivity contribution in [3.8, 4) is 0 Å². The summed E-state index contributed by atoms with van der Waals surface area (Å²) in [7, 11) is -1.95. The van der Waals surface area contributed by atoms with Crippen molar-refractivity contribution in [3.05, 3.63) is 41.5 Å². The van der Waals surface area contributed by atoms with Gasteiger partial charge in [-0.25, -0.2) is 4.79 Å². The molecule has 168 valence electrons. The van der Waals surface area contributed by atoms with E-state index >= 15 is 0 Å². The van der Waals surface area contributed by atoms with Crippen LogP contribution in [-0.2, 0) is 9.16 Å². The first-order valence-corrected chi connectivity index (χ1v) is 13.7. The van der Waals surface area contributed by atoms with Crippen LogP contribution in [0.15, 0.2) is 30.3 Å². The van der Waals surface area contributed by atoms with Gasteiger partial charge in [-0.2, -0.15) is 0 Å². The maximum absolute atomic E-state index is 13.0. The number of hydrogen-bond acceptors (Lipinski definition) is 4. The highest BCUT2D eigenvalue weighted by Crippen LogP contribution is 2.41. The largest absolute Gasteiger partial charge is 0.444 e. The molecule has 0 radical (unpaired) electrons. The minimum absolute atomic E-state index is 0.00243. The lowest BCUT2D eigenvalue weighted by molar-refractivity contribution is 0.0208. The summed E-state index contributed by atoms with van der Waals surface area (Å²) in [6, 6.07) is 8.04. The summed E-state index contributed by atoms with van der Waals surface area (Å²) in [6.07, 6.45) is 4.06. The highest BCUT2D eigenvalue weighted by atomic mass is 28.4. The van der Waals surface area contributed by atoms with E-state index in [1.165, 1.54) is 0 Å². The molecule has 1 fully saturated rings. The molecular formula is C24H39NO4Si. The van der Waals surface area contributed by atoms with Crippen molar-refractivity contribution in [1.82, 2.24) is 4.90 Å². The first kappa shape index (κ1) is 24.6. The Kier molecular flexibility index (Phi) is 7.59. The lowest BCUT2D eigenvalue weighted by Crippen LogP contribution is -2.45. The van der Waals surface area contributed by atoms with Gasteiger partial charge in [-0.3, -0.25) is 4.90 Å². The Balaban J connectivity index is 2.27. The molecule has 0 unspecified atom stereocenters. The van der Waals surface area contributed by atoms with Gasteiger partial charge < -0.3 is 14.3 Å². The molecule has 0 bridgehead atoms. The van der Waals surface area contributed by atoms with Gasteiger partial charge in [-0.15, -0.1) is 0 Å². The number of benzene rings is 1. The Hall–Kier alpha value is -1.63. The lowest BCUT2D eigenvalue weighted by Gasteiger charge is -2.38. The van der Waals surface area contributed by atoms with E-state index in [-0.39, 0.29) is 29.9 Å². The van der Waals surface area contributed by atoms with E-state index in [2.05, 4.69) is 33.9 Å². The molecule has 1 heterocycles. The van der Waals surface area contributed by atoms with Crippen LogP contribution in [0.2, 0.25) is 18.1 Å². The molecule has 1 aromatic rings. The molecule has 0 aliphatic carbocycles. The van der Waals surface area contributed by atoms with Crippen molar-refractivity contribution >= 4 is 20.5 Å². The zero-order chi connectivity index (χ0) is 22.7. The predicted octanol–water partition coefficient (Wildman–Crippen LogP) is 5.76. The molecule has 5 nitrogen and oxygen atoms in total. The number of aliphatic hydroxyl groups excluding tert-OH is 1. The Bertz CT molecular complexity index is 744. The van der Waals surface area contributed by atoms with Crippen LogP contribution in [0.4, 0.5) is 4.79 Å². The lowest BCUT2D eigenvalue weighted by atomic mass is 10.0. The summed E-state index contributed by atoms with van der Waals surface area (Å²) in [5, 5.41) is 9.08. The maximum Gasteiger partial charge on any atom is 0.410 e. The Labute approximate surface area is 183 Å². The number of nitrogens with zero attached hydrogens (tertiary/aromatic N) is 1. The average molecular weight is 434 g/mol. The standard InChI is InChI=1S/C24H39NO4Si/c1-23(2,3)28-22(27)25-17-20(29-30(7,8)24(4,5)6)16-21(25)19-13-11-18(12-14-19)10-9-15-26/h9-14,20-21,26H,15-17H2,1-8H3/t20-,21-/m1/s1. The van der Waals surface area contributed by atoms with Crippen molar-refractivity contribution in [1.29, 1.82) is 0 Å². The van der Waals surface area contributed by atoms with E-state index in [1.807, 2.05) is 56.0 Å². The topological polar surface area (TPSA) is 59.0 Å². The minimum Gasteiger partial charge on any atom is -0.444 e. The van der Waals surface area contributed by atoms with Crippen LogP contribution < -0.4 is 0 Å². The van der Waals surface area contributed by atoms with E-state index in [0.717, 1.165) is 17.5 Å². The van der Waals surface area contributed by atoms with Crippen LogP contribution in [-0.4, -0.2) is 49.3 Å². The van der Waals surface area contributed by atoms with Crippen LogP contribution in [0.1, 0.15) is 65.1 Å². The molecule has 1 amide bonds. The summed E-state index contributed by atoms with van der Waals surface area (Å²) in [6.45, 7) is 17.4. The third-order valence-electron chi connectivity index (χ3n) is 5.90. The summed E-state index contributed by atoms with van der Waals surface area (Å²) in [5.41, 5.74) is 1.55. The fourth-order valence-electron chi connectivity index (χ4n) is 3.33. The number of aliphatic hydroxyl groups is 1. The molecular weight excluding hydrogens is 394 g/mol. The van der Waals surface area contributed by atoms with Gasteiger partial charge in [0.2, 0.25) is 0 Å². The molecule has 0 saturated carbocycles. The van der Waals surface area contributed by atoms with Crippen LogP contribution in [0.3, 0.4) is 0 Å². The van der Waals surface area contributed by atoms with E-state index < -0.39 is 13.9 Å². The third-order valence-corrected chi connectivity index (χ3v) is 10.4. The molecule has 1 saturated heterocycles. The molecule has 2 rings (SSSR count). The number of carbonyl (C=O) groups excluding carboxylic acids is 1. The fourth-order valence-corrected chi connectivity index (χ4v) is 4.69. The van der Waals surface area contributed by atoms with Gasteiger partial charge >= 0.3 is 6.09 Å². The number of likely N-dealkylation sites (tertiary alicyclic amines) is 1. The van der Waals surface area contributed by atoms with E-state index in [9.17, 15) is 4.79 Å². The molecule has 2 atom stereocenters. The van der Waals surface area contributed by atoms with Crippen LogP contribution in [0.5, 0.6) is 0 Å². The molecule has 1 aromatic carbocycles. The van der Waals surface area contributed by atoms with E-state index in [1.54, 1.807) is 6.08 Å². The zero-order valence-corrected chi connectivity index (χ0v) is 20.9. The number of carbonyl (C=O) groups is 1. The number of rotatable bonds is 5. The second kappa shape index (κ2) is 9.24. The Morgan fingerprint density at radius 3 is 2.27 bits per heavy atom. The van der Waals surface area contributed by atoms with Crippen molar-refractivity contribution in [2.24, 2.45) is 0 Å². The van der Waals surface area contributed by atoms with Crippen molar-refractivity contribution in [2.45, 2.75) is 83.8 Å². The smallest absolute Gasteiger partial charge is 0.410 e. The normalized spacial score (nSPS) is 20.8. The van der Waals surface area contributed by atoms with Gasteiger partial charge in [0.15, 0.2) is 8.32 Å². The van der Waals surface area contributed by atoms with Gasteiger partial charge in [0, 0.05) is 6.54 Å². The highest BCUT2D eigenvalue weighted by molar-refractivity contribution is 6.74. The van der Waals surface area contributed by atoms with Crippen molar-refractivity contribution in [2.75, 3.05) is 13.2 Å². The van der Waals surface area contributed by atoms with E-state index in [4.69, 9.17) is 14.3 Å². The second-order valence-electron chi connectivity index (χ2n) is 10.6.